The Bertz CT molecular complexity index is 1400. The van der Waals surface area contributed by atoms with Crippen LogP contribution in [0.2, 0.25) is 0 Å². The molecule has 1 aromatic heterocycles. The molecular formula is C24H25FN4O5S. The fourth-order valence-electron chi connectivity index (χ4n) is 4.45. The van der Waals surface area contributed by atoms with Crippen LogP contribution in [-0.4, -0.2) is 52.3 Å². The molecule has 1 fully saturated rings. The number of carboxylic acids is 1. The number of rotatable bonds is 8. The van der Waals surface area contributed by atoms with E-state index < -0.39 is 33.9 Å². The Kier molecular flexibility index (Phi) is 6.78. The van der Waals surface area contributed by atoms with Crippen molar-refractivity contribution >= 4 is 26.9 Å². The Morgan fingerprint density at radius 1 is 1.29 bits per heavy atom. The van der Waals surface area contributed by atoms with E-state index >= 15 is 0 Å². The van der Waals surface area contributed by atoms with Crippen LogP contribution in [0.5, 0.6) is 5.75 Å². The van der Waals surface area contributed by atoms with Gasteiger partial charge >= 0.3 is 5.97 Å². The normalized spacial score (nSPS) is 18.7. The second-order valence-electron chi connectivity index (χ2n) is 8.74. The average molecular weight is 501 g/mol. The number of benzene rings is 2. The maximum atomic E-state index is 14.1. The van der Waals surface area contributed by atoms with E-state index in [9.17, 15) is 28.0 Å². The summed E-state index contributed by atoms with van der Waals surface area (Å²) in [7, 11) is -3.95. The molecule has 9 nitrogen and oxygen atoms in total. The molecule has 0 bridgehead atoms. The third-order valence-electron chi connectivity index (χ3n) is 5.88. The minimum absolute atomic E-state index is 0.0126. The van der Waals surface area contributed by atoms with Crippen LogP contribution in [0.15, 0.2) is 47.4 Å². The molecule has 2 aromatic carbocycles. The zero-order valence-corrected chi connectivity index (χ0v) is 20.1. The molecule has 1 aliphatic heterocycles. The average Bonchev–Trinajstić information content (AvgIpc) is 3.35. The number of hydrogen-bond donors (Lipinski definition) is 1. The van der Waals surface area contributed by atoms with Gasteiger partial charge in [-0.2, -0.15) is 14.7 Å². The highest BCUT2D eigenvalue weighted by Gasteiger charge is 2.41. The highest BCUT2D eigenvalue weighted by atomic mass is 32.2. The molecule has 11 heteroatoms. The van der Waals surface area contributed by atoms with E-state index in [0.29, 0.717) is 16.7 Å². The number of aromatic nitrogens is 2. The van der Waals surface area contributed by atoms with Gasteiger partial charge in [-0.1, -0.05) is 0 Å². The van der Waals surface area contributed by atoms with Crippen molar-refractivity contribution in [2.45, 2.75) is 56.2 Å². The zero-order valence-electron chi connectivity index (χ0n) is 19.3. The molecule has 1 aliphatic rings. The topological polar surface area (TPSA) is 126 Å². The van der Waals surface area contributed by atoms with Crippen LogP contribution < -0.4 is 4.74 Å². The lowest BCUT2D eigenvalue weighted by Crippen LogP contribution is -2.35. The second kappa shape index (κ2) is 9.64. The molecule has 0 spiro atoms. The van der Waals surface area contributed by atoms with Crippen LogP contribution in [0, 0.1) is 17.1 Å². The van der Waals surface area contributed by atoms with Gasteiger partial charge in [-0.3, -0.25) is 9.48 Å². The fraction of sp³-hybridized carbons (Fsp3) is 0.375. The van der Waals surface area contributed by atoms with Crippen molar-refractivity contribution in [1.29, 1.82) is 5.26 Å². The number of carbonyl (C=O) groups is 1. The number of carboxylic acid groups (broad SMARTS) is 1. The Balaban J connectivity index is 1.70. The van der Waals surface area contributed by atoms with E-state index in [2.05, 4.69) is 11.2 Å². The van der Waals surface area contributed by atoms with Gasteiger partial charge in [-0.25, -0.2) is 12.8 Å². The number of aliphatic carboxylic acids is 1. The van der Waals surface area contributed by atoms with Crippen molar-refractivity contribution in [3.05, 3.63) is 54.0 Å². The van der Waals surface area contributed by atoms with Crippen molar-refractivity contribution in [3.63, 3.8) is 0 Å². The summed E-state index contributed by atoms with van der Waals surface area (Å²) in [5, 5.41) is 23.5. The minimum Gasteiger partial charge on any atom is -0.491 e. The van der Waals surface area contributed by atoms with Crippen molar-refractivity contribution in [1.82, 2.24) is 14.1 Å². The van der Waals surface area contributed by atoms with E-state index in [1.807, 2.05) is 13.8 Å². The summed E-state index contributed by atoms with van der Waals surface area (Å²) in [6, 6.07) is 11.0. The maximum absolute atomic E-state index is 14.1. The van der Waals surface area contributed by atoms with Gasteiger partial charge in [-0.15, -0.1) is 0 Å². The molecule has 0 radical (unpaired) electrons. The van der Waals surface area contributed by atoms with Crippen molar-refractivity contribution in [3.8, 4) is 11.8 Å². The van der Waals surface area contributed by atoms with Gasteiger partial charge in [0.05, 0.1) is 47.2 Å². The van der Waals surface area contributed by atoms with Crippen LogP contribution in [0.3, 0.4) is 0 Å². The maximum Gasteiger partial charge on any atom is 0.309 e. The molecule has 0 aliphatic carbocycles. The summed E-state index contributed by atoms with van der Waals surface area (Å²) in [6.45, 7) is 3.75. The van der Waals surface area contributed by atoms with E-state index in [1.165, 1.54) is 39.3 Å². The fourth-order valence-corrected chi connectivity index (χ4v) is 6.12. The lowest BCUT2D eigenvalue weighted by molar-refractivity contribution is -0.136. The molecule has 0 unspecified atom stereocenters. The van der Waals surface area contributed by atoms with Crippen LogP contribution in [0.25, 0.3) is 10.9 Å². The quantitative estimate of drug-likeness (QED) is 0.502. The summed E-state index contributed by atoms with van der Waals surface area (Å²) in [5.74, 6) is -1.05. The van der Waals surface area contributed by atoms with Gasteiger partial charge in [0.1, 0.15) is 11.6 Å². The molecule has 2 heterocycles. The molecule has 0 saturated carbocycles. The number of sulfonamides is 1. The summed E-state index contributed by atoms with van der Waals surface area (Å²) in [6.07, 6.45) is -0.159. The lowest BCUT2D eigenvalue weighted by Gasteiger charge is -2.22. The highest BCUT2D eigenvalue weighted by molar-refractivity contribution is 7.89. The number of hydrogen-bond acceptors (Lipinski definition) is 6. The van der Waals surface area contributed by atoms with Crippen molar-refractivity contribution in [2.24, 2.45) is 0 Å². The van der Waals surface area contributed by atoms with Crippen molar-refractivity contribution < 1.29 is 27.4 Å². The number of nitrogens with zero attached hydrogens (tertiary/aromatic N) is 4. The number of halogens is 1. The van der Waals surface area contributed by atoms with Crippen LogP contribution >= 0.6 is 0 Å². The largest absolute Gasteiger partial charge is 0.491 e. The molecule has 1 N–H and O–H groups in total. The molecule has 2 atom stereocenters. The molecular weight excluding hydrogens is 475 g/mol. The van der Waals surface area contributed by atoms with Gasteiger partial charge in [0, 0.05) is 18.0 Å². The Morgan fingerprint density at radius 2 is 2.00 bits per heavy atom. The zero-order chi connectivity index (χ0) is 25.3. The third kappa shape index (κ3) is 4.99. The Hall–Kier alpha value is -3.49. The highest BCUT2D eigenvalue weighted by Crippen LogP contribution is 2.36. The Labute approximate surface area is 202 Å². The SMILES string of the molecule is CC(C)Oc1ccc(S(=O)(=O)N2C[C@H](n3nc(CC(=O)O)c4ccc(F)cc43)C[C@H]2CC#N)cc1. The van der Waals surface area contributed by atoms with E-state index in [0.717, 1.165) is 0 Å². The number of fused-ring (bicyclic) bond motifs is 1. The van der Waals surface area contributed by atoms with Crippen LogP contribution in [0.4, 0.5) is 4.39 Å². The van der Waals surface area contributed by atoms with Gasteiger partial charge < -0.3 is 9.84 Å². The standard InChI is InChI=1S/C24H25FN4O5S/c1-15(2)34-19-4-6-20(7-5-19)35(32,33)28-14-18(12-17(28)9-10-26)29-23-11-16(25)3-8-21(23)22(27-29)13-24(30)31/h3-8,11,15,17-18H,9,12-14H2,1-2H3,(H,30,31)/t17-,18-/m1/s1. The minimum atomic E-state index is -3.95. The van der Waals surface area contributed by atoms with Gasteiger partial charge in [0.25, 0.3) is 0 Å². The second-order valence-corrected chi connectivity index (χ2v) is 10.6. The summed E-state index contributed by atoms with van der Waals surface area (Å²) in [4.78, 5) is 11.4. The number of nitriles is 1. The summed E-state index contributed by atoms with van der Waals surface area (Å²) < 4.78 is 49.4. The molecule has 184 valence electrons. The van der Waals surface area contributed by atoms with E-state index in [-0.39, 0.29) is 42.5 Å². The first-order chi connectivity index (χ1) is 16.6. The molecule has 3 aromatic rings. The molecule has 0 amide bonds. The molecule has 35 heavy (non-hydrogen) atoms. The Morgan fingerprint density at radius 3 is 2.63 bits per heavy atom. The summed E-state index contributed by atoms with van der Waals surface area (Å²) in [5.41, 5.74) is 0.655. The van der Waals surface area contributed by atoms with Crippen LogP contribution in [-0.2, 0) is 21.2 Å². The first kappa shape index (κ1) is 24.6. The van der Waals surface area contributed by atoms with Crippen molar-refractivity contribution in [2.75, 3.05) is 6.54 Å². The number of ether oxygens (including phenoxy) is 1. The first-order valence-electron chi connectivity index (χ1n) is 11.1. The van der Waals surface area contributed by atoms with E-state index in [1.54, 1.807) is 12.1 Å². The smallest absolute Gasteiger partial charge is 0.309 e. The van der Waals surface area contributed by atoms with E-state index in [4.69, 9.17) is 4.74 Å². The predicted molar refractivity (Wildman–Crippen MR) is 125 cm³/mol. The molecule has 4 rings (SSSR count). The van der Waals surface area contributed by atoms with Crippen LogP contribution in [0.1, 0.15) is 38.4 Å². The van der Waals surface area contributed by atoms with Gasteiger partial charge in [0.2, 0.25) is 10.0 Å². The predicted octanol–water partition coefficient (Wildman–Crippen LogP) is 3.51. The van der Waals surface area contributed by atoms with Gasteiger partial charge in [-0.05, 0) is 62.7 Å². The summed E-state index contributed by atoms with van der Waals surface area (Å²) >= 11 is 0. The third-order valence-corrected chi connectivity index (χ3v) is 7.81. The monoisotopic (exact) mass is 500 g/mol. The lowest BCUT2D eigenvalue weighted by atomic mass is 10.1. The molecule has 1 saturated heterocycles. The van der Waals surface area contributed by atoms with Gasteiger partial charge in [0.15, 0.2) is 0 Å². The first-order valence-corrected chi connectivity index (χ1v) is 12.6.